The van der Waals surface area contributed by atoms with Crippen LogP contribution in [0.3, 0.4) is 0 Å². The molecule has 0 aromatic heterocycles. The Labute approximate surface area is 106 Å². The molecule has 1 saturated carbocycles. The summed E-state index contributed by atoms with van der Waals surface area (Å²) in [4.78, 5) is 11.8. The summed E-state index contributed by atoms with van der Waals surface area (Å²) in [6.07, 6.45) is 5.89. The number of carbonyl (C=O) groups is 1. The molecule has 1 rings (SSSR count). The molecule has 0 heterocycles. The van der Waals surface area contributed by atoms with Crippen molar-refractivity contribution in [2.24, 2.45) is 23.7 Å². The minimum Gasteiger partial charge on any atom is -0.465 e. The molecule has 17 heavy (non-hydrogen) atoms. The zero-order valence-electron chi connectivity index (χ0n) is 11.9. The van der Waals surface area contributed by atoms with Crippen molar-refractivity contribution in [1.29, 1.82) is 0 Å². The van der Waals surface area contributed by atoms with Crippen molar-refractivity contribution in [2.45, 2.75) is 59.8 Å². The van der Waals surface area contributed by atoms with Crippen molar-refractivity contribution in [2.75, 3.05) is 6.61 Å². The molecule has 0 amide bonds. The van der Waals surface area contributed by atoms with Gasteiger partial charge in [-0.2, -0.15) is 0 Å². The van der Waals surface area contributed by atoms with Gasteiger partial charge in [-0.3, -0.25) is 4.79 Å². The summed E-state index contributed by atoms with van der Waals surface area (Å²) >= 11 is 0. The zero-order chi connectivity index (χ0) is 12.8. The van der Waals surface area contributed by atoms with Gasteiger partial charge in [0.05, 0.1) is 12.5 Å². The van der Waals surface area contributed by atoms with E-state index in [-0.39, 0.29) is 11.9 Å². The van der Waals surface area contributed by atoms with Crippen LogP contribution in [-0.4, -0.2) is 12.6 Å². The Hall–Kier alpha value is -0.530. The van der Waals surface area contributed by atoms with Crippen LogP contribution < -0.4 is 0 Å². The Balaban J connectivity index is 2.35. The molecule has 0 aromatic carbocycles. The average molecular weight is 240 g/mol. The van der Waals surface area contributed by atoms with E-state index in [1.807, 2.05) is 13.8 Å². The predicted molar refractivity (Wildman–Crippen MR) is 70.7 cm³/mol. The zero-order valence-corrected chi connectivity index (χ0v) is 11.9. The lowest BCUT2D eigenvalue weighted by Crippen LogP contribution is -2.28. The molecule has 2 heteroatoms. The molecule has 0 bridgehead atoms. The SMILES string of the molecule is CCCOC(=O)C(C)C1CCC(C(C)C)CC1. The maximum Gasteiger partial charge on any atom is 0.308 e. The van der Waals surface area contributed by atoms with E-state index in [9.17, 15) is 4.79 Å². The molecular formula is C15H28O2. The smallest absolute Gasteiger partial charge is 0.308 e. The first-order valence-electron chi connectivity index (χ1n) is 7.22. The number of rotatable bonds is 5. The Bertz CT molecular complexity index is 227. The highest BCUT2D eigenvalue weighted by atomic mass is 16.5. The average Bonchev–Trinajstić information content (AvgIpc) is 2.35. The molecule has 0 radical (unpaired) electrons. The fraction of sp³-hybridized carbons (Fsp3) is 0.933. The Kier molecular flexibility index (Phi) is 6.01. The highest BCUT2D eigenvalue weighted by Gasteiger charge is 2.30. The fourth-order valence-electron chi connectivity index (χ4n) is 2.84. The molecule has 0 N–H and O–H groups in total. The number of esters is 1. The molecule has 100 valence electrons. The van der Waals surface area contributed by atoms with E-state index in [2.05, 4.69) is 13.8 Å². The van der Waals surface area contributed by atoms with Crippen LogP contribution in [0.25, 0.3) is 0 Å². The minimum atomic E-state index is 0.0137. The third-order valence-corrected chi connectivity index (χ3v) is 4.29. The van der Waals surface area contributed by atoms with E-state index in [4.69, 9.17) is 4.74 Å². The van der Waals surface area contributed by atoms with Crippen LogP contribution in [0.4, 0.5) is 0 Å². The van der Waals surface area contributed by atoms with Gasteiger partial charge in [-0.05, 0) is 49.9 Å². The van der Waals surface area contributed by atoms with Gasteiger partial charge in [0, 0.05) is 0 Å². The maximum atomic E-state index is 11.8. The largest absolute Gasteiger partial charge is 0.465 e. The van der Waals surface area contributed by atoms with Crippen LogP contribution in [0.5, 0.6) is 0 Å². The number of hydrogen-bond donors (Lipinski definition) is 0. The highest BCUT2D eigenvalue weighted by molar-refractivity contribution is 5.72. The van der Waals surface area contributed by atoms with Crippen molar-refractivity contribution >= 4 is 5.97 Å². The van der Waals surface area contributed by atoms with Gasteiger partial charge in [-0.15, -0.1) is 0 Å². The second-order valence-corrected chi connectivity index (χ2v) is 5.88. The summed E-state index contributed by atoms with van der Waals surface area (Å²) in [7, 11) is 0. The molecule has 1 atom stereocenters. The van der Waals surface area contributed by atoms with Gasteiger partial charge in [0.1, 0.15) is 0 Å². The van der Waals surface area contributed by atoms with Gasteiger partial charge >= 0.3 is 5.97 Å². The van der Waals surface area contributed by atoms with Gasteiger partial charge < -0.3 is 4.74 Å². The van der Waals surface area contributed by atoms with Gasteiger partial charge in [0.25, 0.3) is 0 Å². The summed E-state index contributed by atoms with van der Waals surface area (Å²) in [5.74, 6) is 2.31. The molecule has 1 fully saturated rings. The van der Waals surface area contributed by atoms with Crippen LogP contribution in [-0.2, 0) is 9.53 Å². The van der Waals surface area contributed by atoms with Gasteiger partial charge in [0.2, 0.25) is 0 Å². The summed E-state index contributed by atoms with van der Waals surface area (Å²) in [6.45, 7) is 9.27. The summed E-state index contributed by atoms with van der Waals surface area (Å²) in [5, 5.41) is 0. The van der Waals surface area contributed by atoms with E-state index >= 15 is 0 Å². The first kappa shape index (κ1) is 14.5. The Morgan fingerprint density at radius 3 is 2.12 bits per heavy atom. The second kappa shape index (κ2) is 7.03. The van der Waals surface area contributed by atoms with Crippen molar-refractivity contribution < 1.29 is 9.53 Å². The Morgan fingerprint density at radius 2 is 1.65 bits per heavy atom. The predicted octanol–water partition coefficient (Wildman–Crippen LogP) is 4.04. The van der Waals surface area contributed by atoms with Crippen LogP contribution in [0.1, 0.15) is 59.8 Å². The van der Waals surface area contributed by atoms with Gasteiger partial charge in [-0.25, -0.2) is 0 Å². The second-order valence-electron chi connectivity index (χ2n) is 5.88. The summed E-state index contributed by atoms with van der Waals surface area (Å²) in [6, 6.07) is 0. The maximum absolute atomic E-state index is 11.8. The Morgan fingerprint density at radius 1 is 1.12 bits per heavy atom. The first-order chi connectivity index (χ1) is 8.06. The van der Waals surface area contributed by atoms with E-state index in [0.29, 0.717) is 12.5 Å². The first-order valence-corrected chi connectivity index (χ1v) is 7.22. The van der Waals surface area contributed by atoms with Crippen LogP contribution >= 0.6 is 0 Å². The molecule has 0 spiro atoms. The third-order valence-electron chi connectivity index (χ3n) is 4.29. The summed E-state index contributed by atoms with van der Waals surface area (Å²) in [5.41, 5.74) is 0. The third kappa shape index (κ3) is 4.33. The van der Waals surface area contributed by atoms with Crippen LogP contribution in [0, 0.1) is 23.7 Å². The number of carbonyl (C=O) groups excluding carboxylic acids is 1. The lowest BCUT2D eigenvalue weighted by atomic mass is 9.73. The van der Waals surface area contributed by atoms with E-state index < -0.39 is 0 Å². The molecule has 0 aliphatic heterocycles. The van der Waals surface area contributed by atoms with Gasteiger partial charge in [-0.1, -0.05) is 27.7 Å². The van der Waals surface area contributed by atoms with Gasteiger partial charge in [0.15, 0.2) is 0 Å². The number of hydrogen-bond acceptors (Lipinski definition) is 2. The highest BCUT2D eigenvalue weighted by Crippen LogP contribution is 2.36. The minimum absolute atomic E-state index is 0.0137. The summed E-state index contributed by atoms with van der Waals surface area (Å²) < 4.78 is 5.24. The fourth-order valence-corrected chi connectivity index (χ4v) is 2.84. The molecule has 2 nitrogen and oxygen atoms in total. The molecular weight excluding hydrogens is 212 g/mol. The lowest BCUT2D eigenvalue weighted by Gasteiger charge is -2.33. The van der Waals surface area contributed by atoms with Crippen molar-refractivity contribution in [3.63, 3.8) is 0 Å². The standard InChI is InChI=1S/C15H28O2/c1-5-10-17-15(16)12(4)14-8-6-13(7-9-14)11(2)3/h11-14H,5-10H2,1-4H3. The van der Waals surface area contributed by atoms with Crippen molar-refractivity contribution in [3.05, 3.63) is 0 Å². The van der Waals surface area contributed by atoms with E-state index in [1.165, 1.54) is 25.7 Å². The molecule has 1 aliphatic carbocycles. The quantitative estimate of drug-likeness (QED) is 0.678. The molecule has 1 unspecified atom stereocenters. The topological polar surface area (TPSA) is 26.3 Å². The molecule has 0 aromatic rings. The molecule has 0 saturated heterocycles. The van der Waals surface area contributed by atoms with Crippen LogP contribution in [0.15, 0.2) is 0 Å². The molecule has 1 aliphatic rings. The lowest BCUT2D eigenvalue weighted by molar-refractivity contribution is -0.150. The number of ether oxygens (including phenoxy) is 1. The van der Waals surface area contributed by atoms with Crippen molar-refractivity contribution in [1.82, 2.24) is 0 Å². The van der Waals surface area contributed by atoms with E-state index in [1.54, 1.807) is 0 Å². The van der Waals surface area contributed by atoms with Crippen LogP contribution in [0.2, 0.25) is 0 Å². The van der Waals surface area contributed by atoms with E-state index in [0.717, 1.165) is 18.3 Å². The monoisotopic (exact) mass is 240 g/mol. The normalized spacial score (nSPS) is 26.9. The van der Waals surface area contributed by atoms with Crippen molar-refractivity contribution in [3.8, 4) is 0 Å².